The first-order valence-corrected chi connectivity index (χ1v) is 8.00. The summed E-state index contributed by atoms with van der Waals surface area (Å²) in [7, 11) is 0. The molecule has 0 atom stereocenters. The summed E-state index contributed by atoms with van der Waals surface area (Å²) in [6.07, 6.45) is 3.46. The second-order valence-electron chi connectivity index (χ2n) is 5.95. The molecule has 1 N–H and O–H groups in total. The van der Waals surface area contributed by atoms with Gasteiger partial charge in [0, 0.05) is 19.6 Å². The quantitative estimate of drug-likeness (QED) is 0.800. The molecular formula is C17H17FN4O2. The number of rotatable bonds is 3. The fourth-order valence-corrected chi connectivity index (χ4v) is 3.08. The van der Waals surface area contributed by atoms with Gasteiger partial charge in [-0.05, 0) is 24.5 Å². The molecule has 1 saturated heterocycles. The first-order valence-electron chi connectivity index (χ1n) is 8.00. The Bertz CT molecular complexity index is 928. The van der Waals surface area contributed by atoms with Crippen LogP contribution in [0.2, 0.25) is 0 Å². The number of benzene rings is 1. The smallest absolute Gasteiger partial charge is 0.262 e. The number of ether oxygens (including phenoxy) is 1. The van der Waals surface area contributed by atoms with Gasteiger partial charge >= 0.3 is 0 Å². The van der Waals surface area contributed by atoms with Crippen LogP contribution in [0.1, 0.15) is 30.3 Å². The van der Waals surface area contributed by atoms with Crippen molar-refractivity contribution < 1.29 is 9.13 Å². The van der Waals surface area contributed by atoms with Crippen LogP contribution in [0.25, 0.3) is 11.0 Å². The van der Waals surface area contributed by atoms with E-state index in [-0.39, 0.29) is 23.8 Å². The molecule has 0 spiro atoms. The number of hydrogen-bond acceptors (Lipinski definition) is 4. The first-order chi connectivity index (χ1) is 11.7. The summed E-state index contributed by atoms with van der Waals surface area (Å²) in [5.74, 6) is 0.129. The van der Waals surface area contributed by atoms with E-state index in [2.05, 4.69) is 15.1 Å². The molecule has 0 bridgehead atoms. The topological polar surface area (TPSA) is 72.8 Å². The van der Waals surface area contributed by atoms with E-state index in [1.807, 2.05) is 0 Å². The van der Waals surface area contributed by atoms with Crippen molar-refractivity contribution in [1.82, 2.24) is 19.7 Å². The Morgan fingerprint density at radius 2 is 2.08 bits per heavy atom. The predicted octanol–water partition coefficient (Wildman–Crippen LogP) is 2.20. The van der Waals surface area contributed by atoms with Crippen LogP contribution in [0.15, 0.2) is 35.3 Å². The maximum atomic E-state index is 13.8. The molecule has 1 aliphatic rings. The van der Waals surface area contributed by atoms with Crippen LogP contribution in [0.4, 0.5) is 4.39 Å². The molecule has 6 nitrogen and oxygen atoms in total. The Balaban J connectivity index is 1.75. The highest BCUT2D eigenvalue weighted by molar-refractivity contribution is 5.73. The molecule has 4 rings (SSSR count). The van der Waals surface area contributed by atoms with Gasteiger partial charge in [0.2, 0.25) is 0 Å². The molecule has 3 heterocycles. The molecule has 24 heavy (non-hydrogen) atoms. The van der Waals surface area contributed by atoms with Crippen molar-refractivity contribution in [3.8, 4) is 0 Å². The zero-order valence-corrected chi connectivity index (χ0v) is 13.0. The predicted molar refractivity (Wildman–Crippen MR) is 86.4 cm³/mol. The van der Waals surface area contributed by atoms with E-state index in [9.17, 15) is 9.18 Å². The summed E-state index contributed by atoms with van der Waals surface area (Å²) in [5, 5.41) is 4.81. The third-order valence-electron chi connectivity index (χ3n) is 4.36. The molecular weight excluding hydrogens is 311 g/mol. The summed E-state index contributed by atoms with van der Waals surface area (Å²) in [6, 6.07) is 6.67. The third kappa shape index (κ3) is 2.71. The number of H-pyrrole nitrogens is 1. The van der Waals surface area contributed by atoms with Gasteiger partial charge in [0.15, 0.2) is 5.65 Å². The summed E-state index contributed by atoms with van der Waals surface area (Å²) in [6.45, 7) is 1.36. The van der Waals surface area contributed by atoms with Crippen LogP contribution >= 0.6 is 0 Å². The Hall–Kier alpha value is -2.54. The molecule has 1 fully saturated rings. The van der Waals surface area contributed by atoms with Crippen LogP contribution in [0.3, 0.4) is 0 Å². The van der Waals surface area contributed by atoms with Crippen molar-refractivity contribution in [2.75, 3.05) is 13.2 Å². The van der Waals surface area contributed by atoms with Crippen LogP contribution in [0, 0.1) is 5.82 Å². The number of halogens is 1. The fraction of sp³-hybridized carbons (Fsp3) is 0.353. The van der Waals surface area contributed by atoms with Crippen LogP contribution in [0.5, 0.6) is 0 Å². The van der Waals surface area contributed by atoms with Gasteiger partial charge in [0.25, 0.3) is 5.56 Å². The Morgan fingerprint density at radius 1 is 1.29 bits per heavy atom. The minimum atomic E-state index is -0.307. The Morgan fingerprint density at radius 3 is 2.88 bits per heavy atom. The van der Waals surface area contributed by atoms with Crippen molar-refractivity contribution in [1.29, 1.82) is 0 Å². The van der Waals surface area contributed by atoms with Gasteiger partial charge in [-0.15, -0.1) is 0 Å². The van der Waals surface area contributed by atoms with Crippen LogP contribution in [-0.4, -0.2) is 33.0 Å². The van der Waals surface area contributed by atoms with Crippen LogP contribution < -0.4 is 5.56 Å². The van der Waals surface area contributed by atoms with Gasteiger partial charge in [-0.3, -0.25) is 4.79 Å². The molecule has 2 aromatic heterocycles. The highest BCUT2D eigenvalue weighted by Gasteiger charge is 2.20. The van der Waals surface area contributed by atoms with E-state index >= 15 is 0 Å². The van der Waals surface area contributed by atoms with Gasteiger partial charge in [0.05, 0.1) is 12.2 Å². The second-order valence-corrected chi connectivity index (χ2v) is 5.95. The van der Waals surface area contributed by atoms with Gasteiger partial charge in [0.1, 0.15) is 17.0 Å². The molecule has 0 radical (unpaired) electrons. The van der Waals surface area contributed by atoms with E-state index < -0.39 is 0 Å². The maximum absolute atomic E-state index is 13.8. The van der Waals surface area contributed by atoms with Crippen molar-refractivity contribution in [3.63, 3.8) is 0 Å². The second kappa shape index (κ2) is 6.16. The molecule has 0 amide bonds. The van der Waals surface area contributed by atoms with Crippen molar-refractivity contribution in [2.45, 2.75) is 25.3 Å². The van der Waals surface area contributed by atoms with Crippen molar-refractivity contribution in [3.05, 3.63) is 58.0 Å². The SMILES string of the molecule is O=c1[nH]c(Cc2ccccc2F)nc2c1cnn2C1CCOCC1. The minimum Gasteiger partial charge on any atom is -0.381 e. The summed E-state index contributed by atoms with van der Waals surface area (Å²) in [5.41, 5.74) is 0.804. The first kappa shape index (κ1) is 15.0. The molecule has 1 aromatic carbocycles. The zero-order chi connectivity index (χ0) is 16.5. The lowest BCUT2D eigenvalue weighted by Gasteiger charge is -2.22. The lowest BCUT2D eigenvalue weighted by molar-refractivity contribution is 0.0673. The van der Waals surface area contributed by atoms with E-state index in [0.29, 0.717) is 35.6 Å². The zero-order valence-electron chi connectivity index (χ0n) is 13.0. The number of nitrogens with zero attached hydrogens (tertiary/aromatic N) is 3. The monoisotopic (exact) mass is 328 g/mol. The van der Waals surface area contributed by atoms with Crippen molar-refractivity contribution in [2.24, 2.45) is 0 Å². The van der Waals surface area contributed by atoms with Gasteiger partial charge < -0.3 is 9.72 Å². The van der Waals surface area contributed by atoms with E-state index in [1.165, 1.54) is 6.07 Å². The van der Waals surface area contributed by atoms with Gasteiger partial charge in [-0.1, -0.05) is 18.2 Å². The largest absolute Gasteiger partial charge is 0.381 e. The van der Waals surface area contributed by atoms with Gasteiger partial charge in [-0.25, -0.2) is 14.1 Å². The normalized spacial score (nSPS) is 15.9. The highest BCUT2D eigenvalue weighted by Crippen LogP contribution is 2.23. The summed E-state index contributed by atoms with van der Waals surface area (Å²) < 4.78 is 21.0. The molecule has 0 saturated carbocycles. The number of aromatic nitrogens is 4. The van der Waals surface area contributed by atoms with E-state index in [1.54, 1.807) is 29.1 Å². The third-order valence-corrected chi connectivity index (χ3v) is 4.36. The van der Waals surface area contributed by atoms with Crippen molar-refractivity contribution >= 4 is 11.0 Å². The Labute approximate surface area is 137 Å². The summed E-state index contributed by atoms with van der Waals surface area (Å²) >= 11 is 0. The fourth-order valence-electron chi connectivity index (χ4n) is 3.08. The highest BCUT2D eigenvalue weighted by atomic mass is 19.1. The lowest BCUT2D eigenvalue weighted by atomic mass is 10.1. The molecule has 7 heteroatoms. The Kier molecular flexibility index (Phi) is 3.86. The average molecular weight is 328 g/mol. The van der Waals surface area contributed by atoms with Crippen LogP contribution in [-0.2, 0) is 11.2 Å². The lowest BCUT2D eigenvalue weighted by Crippen LogP contribution is -2.21. The molecule has 1 aliphatic heterocycles. The van der Waals surface area contributed by atoms with E-state index in [0.717, 1.165) is 12.8 Å². The molecule has 3 aromatic rings. The molecule has 0 aliphatic carbocycles. The minimum absolute atomic E-state index is 0.173. The number of fused-ring (bicyclic) bond motifs is 1. The average Bonchev–Trinajstić information content (AvgIpc) is 3.02. The molecule has 124 valence electrons. The summed E-state index contributed by atoms with van der Waals surface area (Å²) in [4.78, 5) is 19.6. The maximum Gasteiger partial charge on any atom is 0.262 e. The van der Waals surface area contributed by atoms with Gasteiger partial charge in [-0.2, -0.15) is 5.10 Å². The number of hydrogen-bond donors (Lipinski definition) is 1. The standard InChI is InChI=1S/C17H17FN4O2/c18-14-4-2-1-3-11(14)9-15-20-16-13(17(23)21-15)10-19-22(16)12-5-7-24-8-6-12/h1-4,10,12H,5-9H2,(H,20,21,23). The number of aromatic amines is 1. The number of nitrogens with one attached hydrogen (secondary N) is 1. The molecule has 0 unspecified atom stereocenters. The van der Waals surface area contributed by atoms with E-state index in [4.69, 9.17) is 4.74 Å².